The summed E-state index contributed by atoms with van der Waals surface area (Å²) in [5, 5.41) is 0. The maximum Gasteiger partial charge on any atom is 0.127 e. The van der Waals surface area contributed by atoms with E-state index in [2.05, 4.69) is 61.2 Å². The Labute approximate surface area is 149 Å². The van der Waals surface area contributed by atoms with Crippen molar-refractivity contribution in [3.05, 3.63) is 108 Å². The zero-order valence-corrected chi connectivity index (χ0v) is 14.5. The molecule has 0 fully saturated rings. The lowest BCUT2D eigenvalue weighted by molar-refractivity contribution is 0.339. The van der Waals surface area contributed by atoms with Crippen LogP contribution in [0, 0.1) is 0 Å². The van der Waals surface area contributed by atoms with Crippen LogP contribution in [0.1, 0.15) is 29.2 Å². The van der Waals surface area contributed by atoms with Crippen molar-refractivity contribution in [3.63, 3.8) is 0 Å². The van der Waals surface area contributed by atoms with Crippen LogP contribution in [-0.4, -0.2) is 6.61 Å². The minimum atomic E-state index is 0.641. The molecule has 3 aromatic carbocycles. The lowest BCUT2D eigenvalue weighted by Gasteiger charge is -2.15. The van der Waals surface area contributed by atoms with Crippen LogP contribution in [0.2, 0.25) is 0 Å². The second-order valence-corrected chi connectivity index (χ2v) is 5.69. The van der Waals surface area contributed by atoms with E-state index in [-0.39, 0.29) is 0 Å². The minimum absolute atomic E-state index is 0.641. The van der Waals surface area contributed by atoms with Crippen LogP contribution in [0.15, 0.2) is 85.4 Å². The summed E-state index contributed by atoms with van der Waals surface area (Å²) in [6.45, 7) is 6.59. The van der Waals surface area contributed by atoms with Gasteiger partial charge in [-0.05, 0) is 41.3 Å². The zero-order chi connectivity index (χ0) is 17.5. The van der Waals surface area contributed by atoms with Gasteiger partial charge in [0, 0.05) is 5.56 Å². The van der Waals surface area contributed by atoms with Crippen molar-refractivity contribution < 1.29 is 4.74 Å². The van der Waals surface area contributed by atoms with Crippen LogP contribution in [0.5, 0.6) is 5.75 Å². The number of ether oxygens (including phenoxy) is 1. The molecule has 0 saturated carbocycles. The molecule has 1 heteroatoms. The van der Waals surface area contributed by atoms with Gasteiger partial charge in [-0.25, -0.2) is 0 Å². The molecule has 0 amide bonds. The Hall–Kier alpha value is -3.06. The van der Waals surface area contributed by atoms with Crippen LogP contribution >= 0.6 is 0 Å². The maximum atomic E-state index is 5.87. The summed E-state index contributed by atoms with van der Waals surface area (Å²) in [7, 11) is 0. The van der Waals surface area contributed by atoms with Gasteiger partial charge in [0.15, 0.2) is 0 Å². The van der Waals surface area contributed by atoms with Crippen molar-refractivity contribution in [3.8, 4) is 5.75 Å². The molecule has 124 valence electrons. The molecule has 0 unspecified atom stereocenters. The molecule has 0 bridgehead atoms. The van der Waals surface area contributed by atoms with E-state index in [4.69, 9.17) is 4.74 Å². The average Bonchev–Trinajstić information content (AvgIpc) is 2.68. The highest BCUT2D eigenvalue weighted by Gasteiger charge is 2.11. The number of para-hydroxylation sites is 1. The highest BCUT2D eigenvalue weighted by atomic mass is 16.5. The molecule has 0 radical (unpaired) electrons. The smallest absolute Gasteiger partial charge is 0.127 e. The predicted octanol–water partition coefficient (Wildman–Crippen LogP) is 6.32. The standard InChI is InChI=1S/C24H22O/c1-3-19-12-8-9-15-21(19)18-23(20-13-6-5-7-14-20)22-16-10-11-17-24(22)25-4-2/h3,5-18H,1,4H2,2H3. The molecular formula is C24H22O. The largest absolute Gasteiger partial charge is 0.493 e. The summed E-state index contributed by atoms with van der Waals surface area (Å²) < 4.78 is 5.87. The molecule has 0 aliphatic heterocycles. The molecule has 0 saturated heterocycles. The van der Waals surface area contributed by atoms with E-state index in [1.54, 1.807) is 0 Å². The molecule has 0 aliphatic carbocycles. The molecule has 3 aromatic rings. The normalized spacial score (nSPS) is 11.2. The Balaban J connectivity index is 2.21. The Morgan fingerprint density at radius 3 is 2.20 bits per heavy atom. The molecule has 0 aromatic heterocycles. The second kappa shape index (κ2) is 8.16. The van der Waals surface area contributed by atoms with E-state index in [1.165, 1.54) is 0 Å². The molecule has 25 heavy (non-hydrogen) atoms. The SMILES string of the molecule is C=Cc1ccccc1C=C(c1ccccc1)c1ccccc1OCC. The van der Waals surface area contributed by atoms with E-state index >= 15 is 0 Å². The summed E-state index contributed by atoms with van der Waals surface area (Å²) in [5.74, 6) is 0.899. The highest BCUT2D eigenvalue weighted by Crippen LogP contribution is 2.33. The van der Waals surface area contributed by atoms with Crippen LogP contribution in [0.25, 0.3) is 17.7 Å². The Morgan fingerprint density at radius 1 is 0.840 bits per heavy atom. The van der Waals surface area contributed by atoms with Gasteiger partial charge in [0.05, 0.1) is 6.61 Å². The van der Waals surface area contributed by atoms with Crippen molar-refractivity contribution in [1.29, 1.82) is 0 Å². The summed E-state index contributed by atoms with van der Waals surface area (Å²) in [6, 6.07) is 26.9. The predicted molar refractivity (Wildman–Crippen MR) is 108 cm³/mol. The Morgan fingerprint density at radius 2 is 1.48 bits per heavy atom. The minimum Gasteiger partial charge on any atom is -0.493 e. The average molecular weight is 326 g/mol. The first-order valence-corrected chi connectivity index (χ1v) is 8.54. The quantitative estimate of drug-likeness (QED) is 0.482. The molecule has 0 heterocycles. The van der Waals surface area contributed by atoms with Crippen LogP contribution in [0.3, 0.4) is 0 Å². The third-order valence-corrected chi connectivity index (χ3v) is 4.08. The third kappa shape index (κ3) is 3.89. The number of rotatable bonds is 6. The first-order valence-electron chi connectivity index (χ1n) is 8.54. The monoisotopic (exact) mass is 326 g/mol. The van der Waals surface area contributed by atoms with E-state index < -0.39 is 0 Å². The van der Waals surface area contributed by atoms with Crippen LogP contribution in [-0.2, 0) is 0 Å². The fourth-order valence-electron chi connectivity index (χ4n) is 2.89. The fourth-order valence-corrected chi connectivity index (χ4v) is 2.89. The van der Waals surface area contributed by atoms with Gasteiger partial charge in [0.25, 0.3) is 0 Å². The summed E-state index contributed by atoms with van der Waals surface area (Å²) in [5.41, 5.74) is 5.65. The summed E-state index contributed by atoms with van der Waals surface area (Å²) >= 11 is 0. The van der Waals surface area contributed by atoms with Gasteiger partial charge >= 0.3 is 0 Å². The molecular weight excluding hydrogens is 304 g/mol. The molecule has 0 aliphatic rings. The van der Waals surface area contributed by atoms with Crippen molar-refractivity contribution in [2.24, 2.45) is 0 Å². The molecule has 3 rings (SSSR count). The third-order valence-electron chi connectivity index (χ3n) is 4.08. The van der Waals surface area contributed by atoms with E-state index in [9.17, 15) is 0 Å². The lowest BCUT2D eigenvalue weighted by Crippen LogP contribution is -1.97. The van der Waals surface area contributed by atoms with Crippen molar-refractivity contribution in [2.45, 2.75) is 6.92 Å². The van der Waals surface area contributed by atoms with Gasteiger partial charge in [-0.2, -0.15) is 0 Å². The van der Waals surface area contributed by atoms with Gasteiger partial charge in [-0.3, -0.25) is 0 Å². The number of hydrogen-bond acceptors (Lipinski definition) is 1. The van der Waals surface area contributed by atoms with Crippen molar-refractivity contribution >= 4 is 17.7 Å². The highest BCUT2D eigenvalue weighted by molar-refractivity contribution is 5.94. The Bertz CT molecular complexity index is 875. The van der Waals surface area contributed by atoms with E-state index in [0.29, 0.717) is 6.61 Å². The number of benzene rings is 3. The first-order chi connectivity index (χ1) is 12.3. The van der Waals surface area contributed by atoms with Crippen molar-refractivity contribution in [2.75, 3.05) is 6.61 Å². The van der Waals surface area contributed by atoms with Gasteiger partial charge in [0.1, 0.15) is 5.75 Å². The van der Waals surface area contributed by atoms with Crippen molar-refractivity contribution in [1.82, 2.24) is 0 Å². The topological polar surface area (TPSA) is 9.23 Å². The first kappa shape index (κ1) is 16.8. The zero-order valence-electron chi connectivity index (χ0n) is 14.5. The summed E-state index contributed by atoms with van der Waals surface area (Å²) in [4.78, 5) is 0. The Kier molecular flexibility index (Phi) is 5.48. The maximum absolute atomic E-state index is 5.87. The van der Waals surface area contributed by atoms with Gasteiger partial charge in [-0.15, -0.1) is 0 Å². The van der Waals surface area contributed by atoms with Gasteiger partial charge in [0.2, 0.25) is 0 Å². The lowest BCUT2D eigenvalue weighted by atomic mass is 9.93. The van der Waals surface area contributed by atoms with Gasteiger partial charge < -0.3 is 4.74 Å². The van der Waals surface area contributed by atoms with Crippen LogP contribution in [0.4, 0.5) is 0 Å². The number of hydrogen-bond donors (Lipinski definition) is 0. The molecule has 0 atom stereocenters. The van der Waals surface area contributed by atoms with Crippen LogP contribution < -0.4 is 4.74 Å². The second-order valence-electron chi connectivity index (χ2n) is 5.69. The molecule has 0 spiro atoms. The molecule has 1 nitrogen and oxygen atoms in total. The summed E-state index contributed by atoms with van der Waals surface area (Å²) in [6.07, 6.45) is 4.10. The fraction of sp³-hybridized carbons (Fsp3) is 0.0833. The van der Waals surface area contributed by atoms with E-state index in [1.807, 2.05) is 43.3 Å². The van der Waals surface area contributed by atoms with Gasteiger partial charge in [-0.1, -0.05) is 85.5 Å². The van der Waals surface area contributed by atoms with E-state index in [0.717, 1.165) is 33.6 Å². The molecule has 0 N–H and O–H groups in total.